The largest absolute Gasteiger partial charge is 0.358 e. The summed E-state index contributed by atoms with van der Waals surface area (Å²) in [5, 5.41) is 19.5. The van der Waals surface area contributed by atoms with Crippen molar-refractivity contribution in [1.29, 1.82) is 0 Å². The fourth-order valence-electron chi connectivity index (χ4n) is 2.73. The van der Waals surface area contributed by atoms with Crippen molar-refractivity contribution in [2.75, 3.05) is 16.4 Å². The van der Waals surface area contributed by atoms with E-state index in [2.05, 4.69) is 39.8 Å². The maximum absolute atomic E-state index is 12.2. The van der Waals surface area contributed by atoms with Crippen LogP contribution in [0.1, 0.15) is 45.6 Å². The summed E-state index contributed by atoms with van der Waals surface area (Å²) in [4.78, 5) is 12.2. The van der Waals surface area contributed by atoms with Crippen LogP contribution in [-0.2, 0) is 4.79 Å². The molecule has 1 amide bonds. The highest BCUT2D eigenvalue weighted by atomic mass is 32.2. The van der Waals surface area contributed by atoms with Crippen molar-refractivity contribution in [3.63, 3.8) is 0 Å². The highest BCUT2D eigenvalue weighted by Crippen LogP contribution is 2.31. The second kappa shape index (κ2) is 7.98. The van der Waals surface area contributed by atoms with E-state index in [1.54, 1.807) is 6.20 Å². The van der Waals surface area contributed by atoms with Crippen LogP contribution >= 0.6 is 23.1 Å². The van der Waals surface area contributed by atoms with Crippen molar-refractivity contribution in [3.8, 4) is 0 Å². The fraction of sp³-hybridized carbons (Fsp3) is 0.600. The van der Waals surface area contributed by atoms with E-state index in [0.29, 0.717) is 17.8 Å². The zero-order valence-corrected chi connectivity index (χ0v) is 15.5. The Kier molecular flexibility index (Phi) is 5.72. The van der Waals surface area contributed by atoms with Gasteiger partial charge in [0.15, 0.2) is 4.34 Å². The topological polar surface area (TPSA) is 84.7 Å². The lowest BCUT2D eigenvalue weighted by Gasteiger charge is -2.14. The van der Waals surface area contributed by atoms with Gasteiger partial charge in [0.1, 0.15) is 5.82 Å². The summed E-state index contributed by atoms with van der Waals surface area (Å²) in [6, 6.07) is 2.59. The molecule has 1 aliphatic rings. The van der Waals surface area contributed by atoms with Crippen molar-refractivity contribution in [2.24, 2.45) is 0 Å². The quantitative estimate of drug-likeness (QED) is 0.731. The first-order chi connectivity index (χ1) is 11.6. The van der Waals surface area contributed by atoms with Crippen LogP contribution in [0.5, 0.6) is 0 Å². The number of amides is 1. The highest BCUT2D eigenvalue weighted by Gasteiger charge is 2.20. The minimum absolute atomic E-state index is 0.0479. The number of rotatable bonds is 7. The Labute approximate surface area is 149 Å². The molecule has 0 unspecified atom stereocenters. The Morgan fingerprint density at radius 1 is 1.42 bits per heavy atom. The molecule has 0 aliphatic heterocycles. The summed E-state index contributed by atoms with van der Waals surface area (Å²) in [5.74, 6) is 1.05. The standard InChI is InChI=1S/C15H22N6OS2/c1-10(2)17-14-19-20-15(24-14)23-9-13(22)18-12-7-8-16-21(12)11-5-3-4-6-11/h7-8,10-11H,3-6,9H2,1-2H3,(H,17,19)(H,18,22). The third-order valence-corrected chi connectivity index (χ3v) is 5.74. The molecule has 1 saturated carbocycles. The van der Waals surface area contributed by atoms with Gasteiger partial charge in [0.25, 0.3) is 0 Å². The summed E-state index contributed by atoms with van der Waals surface area (Å²) in [7, 11) is 0. The molecule has 7 nitrogen and oxygen atoms in total. The minimum Gasteiger partial charge on any atom is -0.358 e. The summed E-state index contributed by atoms with van der Waals surface area (Å²) >= 11 is 2.87. The Morgan fingerprint density at radius 3 is 2.96 bits per heavy atom. The zero-order valence-electron chi connectivity index (χ0n) is 13.9. The molecular weight excluding hydrogens is 344 g/mol. The summed E-state index contributed by atoms with van der Waals surface area (Å²) in [5.41, 5.74) is 0. The lowest BCUT2D eigenvalue weighted by Crippen LogP contribution is -2.19. The number of carbonyl (C=O) groups excluding carboxylic acids is 1. The van der Waals surface area contributed by atoms with E-state index in [9.17, 15) is 4.79 Å². The first-order valence-electron chi connectivity index (χ1n) is 8.18. The van der Waals surface area contributed by atoms with E-state index < -0.39 is 0 Å². The van der Waals surface area contributed by atoms with Gasteiger partial charge in [0.2, 0.25) is 11.0 Å². The molecule has 2 aromatic rings. The number of nitrogens with one attached hydrogen (secondary N) is 2. The molecule has 130 valence electrons. The maximum Gasteiger partial charge on any atom is 0.235 e. The molecule has 0 spiro atoms. The summed E-state index contributed by atoms with van der Waals surface area (Å²) in [6.45, 7) is 4.10. The Hall–Kier alpha value is -1.61. The Bertz CT molecular complexity index is 677. The third kappa shape index (κ3) is 4.47. The molecule has 2 aromatic heterocycles. The van der Waals surface area contributed by atoms with Gasteiger partial charge in [-0.15, -0.1) is 10.2 Å². The van der Waals surface area contributed by atoms with Gasteiger partial charge in [0.05, 0.1) is 18.0 Å². The summed E-state index contributed by atoms with van der Waals surface area (Å²) < 4.78 is 2.74. The number of hydrogen-bond donors (Lipinski definition) is 2. The normalized spacial score (nSPS) is 15.1. The fourth-order valence-corrected chi connectivity index (χ4v) is 4.43. The number of thioether (sulfide) groups is 1. The average Bonchev–Trinajstić information content (AvgIpc) is 3.25. The minimum atomic E-state index is -0.0479. The number of aromatic nitrogens is 4. The molecule has 24 heavy (non-hydrogen) atoms. The van der Waals surface area contributed by atoms with Crippen molar-refractivity contribution < 1.29 is 4.79 Å². The van der Waals surface area contributed by atoms with Crippen molar-refractivity contribution >= 4 is 40.0 Å². The lowest BCUT2D eigenvalue weighted by atomic mass is 10.2. The molecule has 0 bridgehead atoms. The molecule has 1 aliphatic carbocycles. The first-order valence-corrected chi connectivity index (χ1v) is 9.98. The molecule has 1 fully saturated rings. The maximum atomic E-state index is 12.2. The number of anilines is 2. The van der Waals surface area contributed by atoms with Crippen molar-refractivity contribution in [2.45, 2.75) is 56.0 Å². The summed E-state index contributed by atoms with van der Waals surface area (Å²) in [6.07, 6.45) is 6.48. The number of carbonyl (C=O) groups is 1. The Balaban J connectivity index is 1.51. The van der Waals surface area contributed by atoms with Gasteiger partial charge in [0, 0.05) is 12.1 Å². The predicted octanol–water partition coefficient (Wildman–Crippen LogP) is 3.40. The van der Waals surface area contributed by atoms with Crippen LogP contribution in [0, 0.1) is 0 Å². The zero-order chi connectivity index (χ0) is 16.9. The van der Waals surface area contributed by atoms with Crippen LogP contribution in [0.3, 0.4) is 0 Å². The second-order valence-corrected chi connectivity index (χ2v) is 8.31. The highest BCUT2D eigenvalue weighted by molar-refractivity contribution is 8.01. The molecular formula is C15H22N6OS2. The second-order valence-electron chi connectivity index (χ2n) is 6.11. The van der Waals surface area contributed by atoms with E-state index in [1.165, 1.54) is 35.9 Å². The van der Waals surface area contributed by atoms with Crippen molar-refractivity contribution in [1.82, 2.24) is 20.0 Å². The van der Waals surface area contributed by atoms with Gasteiger partial charge in [-0.05, 0) is 26.7 Å². The third-order valence-electron chi connectivity index (χ3n) is 3.75. The van der Waals surface area contributed by atoms with Gasteiger partial charge in [-0.2, -0.15) is 5.10 Å². The van der Waals surface area contributed by atoms with Crippen LogP contribution in [0.2, 0.25) is 0 Å². The van der Waals surface area contributed by atoms with Gasteiger partial charge >= 0.3 is 0 Å². The van der Waals surface area contributed by atoms with Gasteiger partial charge in [-0.25, -0.2) is 4.68 Å². The molecule has 3 rings (SSSR count). The molecule has 2 N–H and O–H groups in total. The molecule has 0 saturated heterocycles. The molecule has 2 heterocycles. The van der Waals surface area contributed by atoms with Gasteiger partial charge in [-0.3, -0.25) is 4.79 Å². The first kappa shape index (κ1) is 17.2. The van der Waals surface area contributed by atoms with Crippen molar-refractivity contribution in [3.05, 3.63) is 12.3 Å². The molecule has 0 atom stereocenters. The lowest BCUT2D eigenvalue weighted by molar-refractivity contribution is -0.113. The smallest absolute Gasteiger partial charge is 0.235 e. The van der Waals surface area contributed by atoms with Crippen LogP contribution in [0.15, 0.2) is 16.6 Å². The molecule has 9 heteroatoms. The van der Waals surface area contributed by atoms with Crippen LogP contribution in [0.25, 0.3) is 0 Å². The SMILES string of the molecule is CC(C)Nc1nnc(SCC(=O)Nc2ccnn2C2CCCC2)s1. The van der Waals surface area contributed by atoms with Gasteiger partial charge < -0.3 is 10.6 Å². The van der Waals surface area contributed by atoms with E-state index >= 15 is 0 Å². The van der Waals surface area contributed by atoms with Crippen LogP contribution in [0.4, 0.5) is 10.9 Å². The van der Waals surface area contributed by atoms with Gasteiger partial charge in [-0.1, -0.05) is 35.9 Å². The Morgan fingerprint density at radius 2 is 2.21 bits per heavy atom. The number of nitrogens with zero attached hydrogens (tertiary/aromatic N) is 4. The van der Waals surface area contributed by atoms with E-state index in [0.717, 1.165) is 28.1 Å². The predicted molar refractivity (Wildman–Crippen MR) is 97.8 cm³/mol. The molecule has 0 aromatic carbocycles. The van der Waals surface area contributed by atoms with Crippen LogP contribution in [-0.4, -0.2) is 37.7 Å². The molecule has 0 radical (unpaired) electrons. The monoisotopic (exact) mass is 366 g/mol. The number of hydrogen-bond acceptors (Lipinski definition) is 7. The van der Waals surface area contributed by atoms with E-state index in [-0.39, 0.29) is 5.91 Å². The van der Waals surface area contributed by atoms with E-state index in [4.69, 9.17) is 0 Å². The van der Waals surface area contributed by atoms with Crippen LogP contribution < -0.4 is 10.6 Å². The van der Waals surface area contributed by atoms with E-state index in [1.807, 2.05) is 10.7 Å². The average molecular weight is 367 g/mol.